The molecule has 0 amide bonds. The molecular formula is C11H12N2OS. The zero-order valence-corrected chi connectivity index (χ0v) is 9.54. The molecule has 0 aliphatic heterocycles. The molecule has 0 saturated carbocycles. The van der Waals surface area contributed by atoms with Crippen molar-refractivity contribution in [1.82, 2.24) is 10.1 Å². The Morgan fingerprint density at radius 2 is 2.20 bits per heavy atom. The second-order valence-electron chi connectivity index (χ2n) is 3.41. The molecule has 2 rings (SSSR count). The molecule has 3 nitrogen and oxygen atoms in total. The molecule has 0 radical (unpaired) electrons. The molecule has 0 aliphatic carbocycles. The predicted octanol–water partition coefficient (Wildman–Crippen LogP) is 2.98. The van der Waals surface area contributed by atoms with Crippen LogP contribution in [0.15, 0.2) is 34.0 Å². The Kier molecular flexibility index (Phi) is 3.06. The SMILES string of the molecule is Cc1ccc(SCc2ncon2)c(C)c1. The zero-order chi connectivity index (χ0) is 10.7. The Labute approximate surface area is 92.9 Å². The van der Waals surface area contributed by atoms with Gasteiger partial charge in [-0.25, -0.2) is 0 Å². The lowest BCUT2D eigenvalue weighted by Gasteiger charge is -2.04. The van der Waals surface area contributed by atoms with Gasteiger partial charge in [0.15, 0.2) is 5.82 Å². The Morgan fingerprint density at radius 3 is 2.87 bits per heavy atom. The lowest BCUT2D eigenvalue weighted by molar-refractivity contribution is 0.412. The summed E-state index contributed by atoms with van der Waals surface area (Å²) in [7, 11) is 0. The van der Waals surface area contributed by atoms with Gasteiger partial charge in [0.05, 0.1) is 5.75 Å². The second-order valence-corrected chi connectivity index (χ2v) is 4.42. The van der Waals surface area contributed by atoms with Crippen molar-refractivity contribution < 1.29 is 4.52 Å². The molecule has 2 aromatic rings. The molecule has 0 fully saturated rings. The van der Waals surface area contributed by atoms with Gasteiger partial charge in [-0.05, 0) is 25.5 Å². The van der Waals surface area contributed by atoms with Crippen LogP contribution in [0, 0.1) is 13.8 Å². The summed E-state index contributed by atoms with van der Waals surface area (Å²) in [4.78, 5) is 5.25. The summed E-state index contributed by atoms with van der Waals surface area (Å²) in [5.41, 5.74) is 2.58. The largest absolute Gasteiger partial charge is 0.343 e. The standard InChI is InChI=1S/C11H12N2OS/c1-8-3-4-10(9(2)5-8)15-6-11-12-7-14-13-11/h3-5,7H,6H2,1-2H3. The maximum absolute atomic E-state index is 4.68. The minimum atomic E-state index is 0.736. The summed E-state index contributed by atoms with van der Waals surface area (Å²) >= 11 is 1.73. The quantitative estimate of drug-likeness (QED) is 0.745. The molecule has 0 bridgehead atoms. The Hall–Kier alpha value is -1.29. The number of nitrogens with zero attached hydrogens (tertiary/aromatic N) is 2. The first-order chi connectivity index (χ1) is 7.25. The van der Waals surface area contributed by atoms with Crippen molar-refractivity contribution in [2.24, 2.45) is 0 Å². The summed E-state index contributed by atoms with van der Waals surface area (Å²) in [5.74, 6) is 1.49. The van der Waals surface area contributed by atoms with Crippen molar-refractivity contribution in [2.45, 2.75) is 24.5 Å². The van der Waals surface area contributed by atoms with Crippen LogP contribution in [0.3, 0.4) is 0 Å². The van der Waals surface area contributed by atoms with Crippen molar-refractivity contribution in [3.63, 3.8) is 0 Å². The van der Waals surface area contributed by atoms with Crippen LogP contribution in [-0.2, 0) is 5.75 Å². The van der Waals surface area contributed by atoms with Gasteiger partial charge in [-0.3, -0.25) is 0 Å². The fourth-order valence-electron chi connectivity index (χ4n) is 1.36. The highest BCUT2D eigenvalue weighted by Crippen LogP contribution is 2.25. The summed E-state index contributed by atoms with van der Waals surface area (Å²) in [6, 6.07) is 6.43. The molecule has 0 atom stereocenters. The van der Waals surface area contributed by atoms with E-state index < -0.39 is 0 Å². The van der Waals surface area contributed by atoms with Crippen LogP contribution in [0.25, 0.3) is 0 Å². The minimum absolute atomic E-state index is 0.736. The van der Waals surface area contributed by atoms with Gasteiger partial charge in [0, 0.05) is 4.90 Å². The van der Waals surface area contributed by atoms with Crippen molar-refractivity contribution in [2.75, 3.05) is 0 Å². The molecule has 0 spiro atoms. The number of hydrogen-bond acceptors (Lipinski definition) is 4. The third kappa shape index (κ3) is 2.59. The Balaban J connectivity index is 2.05. The van der Waals surface area contributed by atoms with E-state index in [9.17, 15) is 0 Å². The van der Waals surface area contributed by atoms with E-state index >= 15 is 0 Å². The van der Waals surface area contributed by atoms with Crippen LogP contribution in [0.2, 0.25) is 0 Å². The van der Waals surface area contributed by atoms with Gasteiger partial charge in [-0.2, -0.15) is 4.98 Å². The summed E-state index contributed by atoms with van der Waals surface area (Å²) in [6.45, 7) is 4.21. The molecule has 0 aliphatic rings. The lowest BCUT2D eigenvalue weighted by Crippen LogP contribution is -1.86. The lowest BCUT2D eigenvalue weighted by atomic mass is 10.2. The van der Waals surface area contributed by atoms with E-state index in [0.29, 0.717) is 0 Å². The van der Waals surface area contributed by atoms with E-state index in [1.54, 1.807) is 11.8 Å². The highest BCUT2D eigenvalue weighted by Gasteiger charge is 2.02. The van der Waals surface area contributed by atoms with Gasteiger partial charge in [0.2, 0.25) is 6.39 Å². The molecule has 15 heavy (non-hydrogen) atoms. The first-order valence-electron chi connectivity index (χ1n) is 4.71. The van der Waals surface area contributed by atoms with Crippen molar-refractivity contribution in [1.29, 1.82) is 0 Å². The van der Waals surface area contributed by atoms with E-state index in [2.05, 4.69) is 46.7 Å². The first-order valence-corrected chi connectivity index (χ1v) is 5.69. The highest BCUT2D eigenvalue weighted by molar-refractivity contribution is 7.98. The fourth-order valence-corrected chi connectivity index (χ4v) is 2.22. The minimum Gasteiger partial charge on any atom is -0.343 e. The first kappa shape index (κ1) is 10.2. The average Bonchev–Trinajstić information content (AvgIpc) is 2.69. The number of hydrogen-bond donors (Lipinski definition) is 0. The maximum Gasteiger partial charge on any atom is 0.213 e. The van der Waals surface area contributed by atoms with Crippen molar-refractivity contribution in [3.8, 4) is 0 Å². The third-order valence-electron chi connectivity index (χ3n) is 2.09. The third-order valence-corrected chi connectivity index (χ3v) is 3.27. The molecule has 1 heterocycles. The maximum atomic E-state index is 4.68. The van der Waals surface area contributed by atoms with Crippen LogP contribution in [0.4, 0.5) is 0 Å². The number of benzene rings is 1. The Bertz CT molecular complexity index is 440. The van der Waals surface area contributed by atoms with Gasteiger partial charge in [-0.15, -0.1) is 11.8 Å². The van der Waals surface area contributed by atoms with E-state index in [0.717, 1.165) is 11.6 Å². The monoisotopic (exact) mass is 220 g/mol. The van der Waals surface area contributed by atoms with Crippen molar-refractivity contribution >= 4 is 11.8 Å². The summed E-state index contributed by atoms with van der Waals surface area (Å²) < 4.78 is 4.68. The van der Waals surface area contributed by atoms with Crippen LogP contribution in [-0.4, -0.2) is 10.1 Å². The number of aryl methyl sites for hydroxylation is 2. The van der Waals surface area contributed by atoms with Crippen LogP contribution < -0.4 is 0 Å². The number of thioether (sulfide) groups is 1. The molecule has 0 unspecified atom stereocenters. The molecule has 1 aromatic carbocycles. The van der Waals surface area contributed by atoms with E-state index in [1.807, 2.05) is 0 Å². The molecule has 0 N–H and O–H groups in total. The van der Waals surface area contributed by atoms with Crippen LogP contribution in [0.5, 0.6) is 0 Å². The van der Waals surface area contributed by atoms with Crippen LogP contribution in [0.1, 0.15) is 17.0 Å². The van der Waals surface area contributed by atoms with E-state index in [-0.39, 0.29) is 0 Å². The smallest absolute Gasteiger partial charge is 0.213 e. The summed E-state index contributed by atoms with van der Waals surface area (Å²) in [5, 5.41) is 3.77. The van der Waals surface area contributed by atoms with E-state index in [1.165, 1.54) is 22.4 Å². The Morgan fingerprint density at radius 1 is 1.33 bits per heavy atom. The van der Waals surface area contributed by atoms with Gasteiger partial charge in [0.1, 0.15) is 0 Å². The molecule has 0 saturated heterocycles. The fraction of sp³-hybridized carbons (Fsp3) is 0.273. The normalized spacial score (nSPS) is 10.5. The molecule has 4 heteroatoms. The van der Waals surface area contributed by atoms with Crippen molar-refractivity contribution in [3.05, 3.63) is 41.5 Å². The van der Waals surface area contributed by atoms with Gasteiger partial charge >= 0.3 is 0 Å². The van der Waals surface area contributed by atoms with Crippen LogP contribution >= 0.6 is 11.8 Å². The number of aromatic nitrogens is 2. The van der Waals surface area contributed by atoms with Gasteiger partial charge in [0.25, 0.3) is 0 Å². The molecular weight excluding hydrogens is 208 g/mol. The number of rotatable bonds is 3. The highest BCUT2D eigenvalue weighted by atomic mass is 32.2. The second kappa shape index (κ2) is 4.49. The topological polar surface area (TPSA) is 38.9 Å². The molecule has 78 valence electrons. The van der Waals surface area contributed by atoms with Gasteiger partial charge in [-0.1, -0.05) is 22.9 Å². The summed E-state index contributed by atoms with van der Waals surface area (Å²) in [6.07, 6.45) is 1.36. The zero-order valence-electron chi connectivity index (χ0n) is 8.73. The molecule has 1 aromatic heterocycles. The predicted molar refractivity (Wildman–Crippen MR) is 59.8 cm³/mol. The van der Waals surface area contributed by atoms with E-state index in [4.69, 9.17) is 0 Å². The van der Waals surface area contributed by atoms with Gasteiger partial charge < -0.3 is 4.52 Å². The average molecular weight is 220 g/mol.